The zero-order valence-corrected chi connectivity index (χ0v) is 9.76. The van der Waals surface area contributed by atoms with Gasteiger partial charge in [0, 0.05) is 18.8 Å². The molecule has 14 heavy (non-hydrogen) atoms. The predicted octanol–water partition coefficient (Wildman–Crippen LogP) is 1.61. The maximum absolute atomic E-state index is 11.4. The van der Waals surface area contributed by atoms with Crippen molar-refractivity contribution in [2.75, 3.05) is 0 Å². The van der Waals surface area contributed by atoms with Crippen molar-refractivity contribution >= 4 is 18.8 Å². The molecule has 0 radical (unpaired) electrons. The number of carbonyl (C=O) groups excluding carboxylic acids is 1. The fraction of sp³-hybridized carbons (Fsp3) is 0.875. The molecule has 0 aliphatic heterocycles. The van der Waals surface area contributed by atoms with Crippen molar-refractivity contribution in [1.82, 2.24) is 5.32 Å². The van der Waals surface area contributed by atoms with Gasteiger partial charge in [-0.2, -0.15) is 4.89 Å². The van der Waals surface area contributed by atoms with Crippen LogP contribution in [0, 0.1) is 5.92 Å². The Labute approximate surface area is 89.6 Å². The molecule has 0 saturated heterocycles. The zero-order chi connectivity index (χ0) is 11.2. The van der Waals surface area contributed by atoms with Gasteiger partial charge in [0.25, 0.3) is 0 Å². The van der Waals surface area contributed by atoms with Crippen LogP contribution in [0.5, 0.6) is 0 Å². The molecule has 1 unspecified atom stereocenters. The van der Waals surface area contributed by atoms with E-state index in [0.717, 1.165) is 6.42 Å². The lowest BCUT2D eigenvalue weighted by atomic mass is 10.1. The van der Waals surface area contributed by atoms with E-state index in [0.29, 0.717) is 0 Å². The van der Waals surface area contributed by atoms with Crippen LogP contribution in [0.3, 0.4) is 0 Å². The Bertz CT molecular complexity index is 186. The van der Waals surface area contributed by atoms with Gasteiger partial charge in [-0.25, -0.2) is 0 Å². The Morgan fingerprint density at radius 1 is 1.57 bits per heavy atom. The Morgan fingerprint density at radius 2 is 2.14 bits per heavy atom. The Hall–Kier alpha value is -0.300. The normalized spacial score (nSPS) is 13.8. The van der Waals surface area contributed by atoms with Crippen molar-refractivity contribution in [3.8, 4) is 0 Å². The summed E-state index contributed by atoms with van der Waals surface area (Å²) >= 11 is 3.32. The summed E-state index contributed by atoms with van der Waals surface area (Å²) in [5, 5.41) is 6.80. The molecular formula is C8H17NO4S. The monoisotopic (exact) mass is 223 g/mol. The minimum Gasteiger partial charge on any atom is -0.326 e. The number of hydrogen-bond donors (Lipinski definition) is 2. The van der Waals surface area contributed by atoms with Crippen molar-refractivity contribution in [3.05, 3.63) is 0 Å². The number of hydrogen-bond acceptors (Lipinski definition) is 5. The number of nitrogens with one attached hydrogen (secondary N) is 1. The summed E-state index contributed by atoms with van der Waals surface area (Å²) in [6.45, 7) is 7.05. The highest BCUT2D eigenvalue weighted by atomic mass is 32.1. The fourth-order valence-corrected chi connectivity index (χ4v) is 0.757. The molecule has 0 aliphatic carbocycles. The molecule has 0 bridgehead atoms. The van der Waals surface area contributed by atoms with Crippen molar-refractivity contribution in [2.45, 2.75) is 39.8 Å². The lowest BCUT2D eigenvalue weighted by molar-refractivity contribution is -0.496. The third-order valence-electron chi connectivity index (χ3n) is 1.76. The number of rotatable bonds is 6. The lowest BCUT2D eigenvalue weighted by Gasteiger charge is -2.24. The van der Waals surface area contributed by atoms with E-state index in [1.165, 1.54) is 0 Å². The van der Waals surface area contributed by atoms with Gasteiger partial charge in [-0.1, -0.05) is 18.9 Å². The smallest absolute Gasteiger partial charge is 0.225 e. The van der Waals surface area contributed by atoms with Gasteiger partial charge >= 0.3 is 0 Å². The average molecular weight is 223 g/mol. The maximum Gasteiger partial charge on any atom is 0.225 e. The van der Waals surface area contributed by atoms with Gasteiger partial charge in [0.2, 0.25) is 5.91 Å². The second-order valence-corrected chi connectivity index (χ2v) is 3.68. The largest absolute Gasteiger partial charge is 0.326 e. The lowest BCUT2D eigenvalue weighted by Crippen LogP contribution is -2.47. The summed E-state index contributed by atoms with van der Waals surface area (Å²) in [6, 6.07) is 0. The molecule has 0 aromatic rings. The summed E-state index contributed by atoms with van der Waals surface area (Å²) in [5.41, 5.74) is -0.941. The van der Waals surface area contributed by atoms with E-state index in [1.807, 2.05) is 13.8 Å². The molecular weight excluding hydrogens is 206 g/mol. The van der Waals surface area contributed by atoms with Crippen molar-refractivity contribution < 1.29 is 19.1 Å². The van der Waals surface area contributed by atoms with Crippen molar-refractivity contribution in [1.29, 1.82) is 0 Å². The van der Waals surface area contributed by atoms with Crippen LogP contribution in [0.2, 0.25) is 0 Å². The third-order valence-corrected chi connectivity index (χ3v) is 1.82. The molecule has 0 saturated carbocycles. The van der Waals surface area contributed by atoms with Gasteiger partial charge in [0.05, 0.1) is 0 Å². The Morgan fingerprint density at radius 3 is 2.57 bits per heavy atom. The molecule has 1 atom stereocenters. The molecule has 0 aromatic heterocycles. The van der Waals surface area contributed by atoms with E-state index in [1.54, 1.807) is 13.8 Å². The molecule has 0 heterocycles. The van der Waals surface area contributed by atoms with Crippen LogP contribution in [0.25, 0.3) is 0 Å². The standard InChI is InChI=1S/C8H17NO4S/c1-5-6(2)7(10)9-8(3,4)11-12-13-14/h6,14H,5H2,1-4H3,(H,9,10). The average Bonchev–Trinajstić information content (AvgIpc) is 2.12. The summed E-state index contributed by atoms with van der Waals surface area (Å²) in [5.74, 6) is -0.157. The molecule has 0 aromatic carbocycles. The number of amides is 1. The van der Waals surface area contributed by atoms with E-state index >= 15 is 0 Å². The van der Waals surface area contributed by atoms with Crippen LogP contribution in [0.15, 0.2) is 0 Å². The molecule has 1 N–H and O–H groups in total. The Balaban J connectivity index is 4.00. The fourth-order valence-electron chi connectivity index (χ4n) is 0.726. The zero-order valence-electron chi connectivity index (χ0n) is 8.86. The highest BCUT2D eigenvalue weighted by Crippen LogP contribution is 2.09. The van der Waals surface area contributed by atoms with Crippen LogP contribution in [0.1, 0.15) is 34.1 Å². The highest BCUT2D eigenvalue weighted by molar-refractivity contribution is 7.74. The third kappa shape index (κ3) is 5.43. The van der Waals surface area contributed by atoms with Gasteiger partial charge in [0.1, 0.15) is 0 Å². The van der Waals surface area contributed by atoms with Crippen LogP contribution >= 0.6 is 12.9 Å². The summed E-state index contributed by atoms with van der Waals surface area (Å²) in [6.07, 6.45) is 0.770. The minimum atomic E-state index is -0.941. The Kier molecular flexibility index (Phi) is 6.10. The van der Waals surface area contributed by atoms with E-state index in [2.05, 4.69) is 27.6 Å². The van der Waals surface area contributed by atoms with Gasteiger partial charge in [0.15, 0.2) is 5.72 Å². The number of carbonyl (C=O) groups is 1. The first-order chi connectivity index (χ1) is 6.43. The highest BCUT2D eigenvalue weighted by Gasteiger charge is 2.25. The van der Waals surface area contributed by atoms with Gasteiger partial charge < -0.3 is 5.32 Å². The van der Waals surface area contributed by atoms with E-state index in [4.69, 9.17) is 4.89 Å². The molecule has 5 nitrogen and oxygen atoms in total. The van der Waals surface area contributed by atoms with Crippen LogP contribution in [-0.4, -0.2) is 11.6 Å². The quantitative estimate of drug-likeness (QED) is 0.236. The van der Waals surface area contributed by atoms with E-state index < -0.39 is 5.72 Å². The molecule has 0 aliphatic rings. The van der Waals surface area contributed by atoms with Crippen LogP contribution in [-0.2, 0) is 19.1 Å². The number of thiol groups is 1. The van der Waals surface area contributed by atoms with Crippen molar-refractivity contribution in [3.63, 3.8) is 0 Å². The SMILES string of the molecule is CCC(C)C(=O)NC(C)(C)OOOS. The summed E-state index contributed by atoms with van der Waals surface area (Å²) < 4.78 is 3.97. The second kappa shape index (κ2) is 6.23. The first kappa shape index (κ1) is 13.7. The summed E-state index contributed by atoms with van der Waals surface area (Å²) in [7, 11) is 0. The van der Waals surface area contributed by atoms with Gasteiger partial charge in [-0.15, -0.1) is 4.33 Å². The van der Waals surface area contributed by atoms with E-state index in [-0.39, 0.29) is 11.8 Å². The summed E-state index contributed by atoms with van der Waals surface area (Å²) in [4.78, 5) is 16.2. The van der Waals surface area contributed by atoms with Gasteiger partial charge in [-0.05, 0) is 20.3 Å². The maximum atomic E-state index is 11.4. The molecule has 6 heteroatoms. The predicted molar refractivity (Wildman–Crippen MR) is 53.9 cm³/mol. The molecule has 0 spiro atoms. The minimum absolute atomic E-state index is 0.0604. The molecule has 84 valence electrons. The first-order valence-corrected chi connectivity index (χ1v) is 4.77. The molecule has 0 fully saturated rings. The van der Waals surface area contributed by atoms with Crippen LogP contribution in [0.4, 0.5) is 0 Å². The van der Waals surface area contributed by atoms with E-state index in [9.17, 15) is 4.79 Å². The van der Waals surface area contributed by atoms with Crippen molar-refractivity contribution in [2.24, 2.45) is 5.92 Å². The van der Waals surface area contributed by atoms with Crippen LogP contribution < -0.4 is 5.32 Å². The molecule has 1 amide bonds. The topological polar surface area (TPSA) is 56.8 Å². The molecule has 0 rings (SSSR count). The second-order valence-electron chi connectivity index (χ2n) is 3.53. The van der Waals surface area contributed by atoms with Gasteiger partial charge in [-0.3, -0.25) is 4.79 Å². The first-order valence-electron chi connectivity index (χ1n) is 4.41.